The molecule has 0 bridgehead atoms. The van der Waals surface area contributed by atoms with Crippen LogP contribution in [0.2, 0.25) is 0 Å². The van der Waals surface area contributed by atoms with E-state index in [2.05, 4.69) is 35.2 Å². The van der Waals surface area contributed by atoms with E-state index in [1.807, 2.05) is 4.90 Å². The lowest BCUT2D eigenvalue weighted by atomic mass is 10.00. The average molecular weight is 332 g/mol. The van der Waals surface area contributed by atoms with E-state index in [9.17, 15) is 4.79 Å². The van der Waals surface area contributed by atoms with Crippen molar-refractivity contribution in [2.45, 2.75) is 39.5 Å². The van der Waals surface area contributed by atoms with E-state index in [1.54, 1.807) is 17.7 Å². The molecular weight excluding hydrogens is 308 g/mol. The number of fused-ring (bicyclic) bond motifs is 1. The topological polar surface area (TPSA) is 58.1 Å². The molecule has 3 heterocycles. The van der Waals surface area contributed by atoms with Gasteiger partial charge in [0.2, 0.25) is 5.91 Å². The van der Waals surface area contributed by atoms with Gasteiger partial charge >= 0.3 is 0 Å². The Morgan fingerprint density at radius 3 is 3.13 bits per heavy atom. The predicted octanol–water partition coefficient (Wildman–Crippen LogP) is 3.31. The molecule has 23 heavy (non-hydrogen) atoms. The Morgan fingerprint density at radius 2 is 2.35 bits per heavy atom. The van der Waals surface area contributed by atoms with Crippen LogP contribution in [0.25, 0.3) is 10.2 Å². The van der Waals surface area contributed by atoms with Gasteiger partial charge in [-0.2, -0.15) is 0 Å². The SMILES string of the molecule is CCc1cc2c(NCCC(=O)N3CCCC(C)C3)ncnc2s1. The van der Waals surface area contributed by atoms with E-state index < -0.39 is 0 Å². The Hall–Kier alpha value is -1.69. The summed E-state index contributed by atoms with van der Waals surface area (Å²) in [5, 5.41) is 4.38. The maximum Gasteiger partial charge on any atom is 0.224 e. The van der Waals surface area contributed by atoms with Crippen LogP contribution in [0.3, 0.4) is 0 Å². The Kier molecular flexibility index (Phi) is 5.10. The second-order valence-electron chi connectivity index (χ2n) is 6.27. The van der Waals surface area contributed by atoms with Crippen LogP contribution in [0, 0.1) is 5.92 Å². The van der Waals surface area contributed by atoms with E-state index in [0.29, 0.717) is 18.9 Å². The molecule has 2 aromatic heterocycles. The van der Waals surface area contributed by atoms with E-state index >= 15 is 0 Å². The molecule has 0 spiro atoms. The van der Waals surface area contributed by atoms with Crippen molar-refractivity contribution < 1.29 is 4.79 Å². The minimum atomic E-state index is 0.244. The Bertz CT molecular complexity index is 684. The molecule has 1 N–H and O–H groups in total. The summed E-state index contributed by atoms with van der Waals surface area (Å²) < 4.78 is 0. The first-order valence-electron chi connectivity index (χ1n) is 8.42. The van der Waals surface area contributed by atoms with Gasteiger partial charge < -0.3 is 10.2 Å². The first-order chi connectivity index (χ1) is 11.2. The molecule has 1 saturated heterocycles. The summed E-state index contributed by atoms with van der Waals surface area (Å²) >= 11 is 1.71. The highest BCUT2D eigenvalue weighted by atomic mass is 32.1. The molecule has 0 aromatic carbocycles. The number of hydrogen-bond acceptors (Lipinski definition) is 5. The lowest BCUT2D eigenvalue weighted by molar-refractivity contribution is -0.132. The average Bonchev–Trinajstić information content (AvgIpc) is 2.99. The van der Waals surface area contributed by atoms with E-state index in [4.69, 9.17) is 0 Å². The molecule has 3 rings (SSSR count). The van der Waals surface area contributed by atoms with Crippen molar-refractivity contribution in [2.24, 2.45) is 5.92 Å². The fourth-order valence-corrected chi connectivity index (χ4v) is 4.02. The molecule has 0 saturated carbocycles. The summed E-state index contributed by atoms with van der Waals surface area (Å²) in [6.07, 6.45) is 5.48. The molecular formula is C17H24N4OS. The van der Waals surface area contributed by atoms with E-state index in [-0.39, 0.29) is 5.91 Å². The Morgan fingerprint density at radius 1 is 1.48 bits per heavy atom. The van der Waals surface area contributed by atoms with Crippen molar-refractivity contribution in [1.82, 2.24) is 14.9 Å². The van der Waals surface area contributed by atoms with Crippen molar-refractivity contribution >= 4 is 33.3 Å². The van der Waals surface area contributed by atoms with Crippen LogP contribution in [-0.2, 0) is 11.2 Å². The number of hydrogen-bond donors (Lipinski definition) is 1. The van der Waals surface area contributed by atoms with Gasteiger partial charge in [0.15, 0.2) is 0 Å². The first kappa shape index (κ1) is 16.2. The Balaban J connectivity index is 1.58. The number of aromatic nitrogens is 2. The third kappa shape index (κ3) is 3.80. The monoisotopic (exact) mass is 332 g/mol. The molecule has 1 aliphatic heterocycles. The number of likely N-dealkylation sites (tertiary alicyclic amines) is 1. The summed E-state index contributed by atoms with van der Waals surface area (Å²) in [7, 11) is 0. The van der Waals surface area contributed by atoms with E-state index in [0.717, 1.165) is 42.0 Å². The second kappa shape index (κ2) is 7.25. The fourth-order valence-electron chi connectivity index (χ4n) is 3.08. The molecule has 1 unspecified atom stereocenters. The smallest absolute Gasteiger partial charge is 0.224 e. The molecule has 0 radical (unpaired) electrons. The standard InChI is InChI=1S/C17H24N4OS/c1-3-13-9-14-16(19-11-20-17(14)23-13)18-7-6-15(22)21-8-4-5-12(2)10-21/h9,11-12H,3-8,10H2,1-2H3,(H,18,19,20). The summed E-state index contributed by atoms with van der Waals surface area (Å²) in [5.74, 6) is 1.71. The highest BCUT2D eigenvalue weighted by molar-refractivity contribution is 7.18. The van der Waals surface area contributed by atoms with Crippen molar-refractivity contribution in [2.75, 3.05) is 25.0 Å². The maximum absolute atomic E-state index is 12.3. The predicted molar refractivity (Wildman–Crippen MR) is 94.9 cm³/mol. The van der Waals surface area contributed by atoms with Gasteiger partial charge in [0.1, 0.15) is 17.0 Å². The molecule has 6 heteroatoms. The lowest BCUT2D eigenvalue weighted by Gasteiger charge is -2.31. The summed E-state index contributed by atoms with van der Waals surface area (Å²) in [6, 6.07) is 2.15. The number of thiophene rings is 1. The number of nitrogens with zero attached hydrogens (tertiary/aromatic N) is 3. The Labute approximate surface area is 141 Å². The highest BCUT2D eigenvalue weighted by Crippen LogP contribution is 2.28. The molecule has 124 valence electrons. The maximum atomic E-state index is 12.3. The normalized spacial score (nSPS) is 18.3. The number of amides is 1. The third-order valence-electron chi connectivity index (χ3n) is 4.37. The third-order valence-corrected chi connectivity index (χ3v) is 5.56. The molecule has 1 amide bonds. The van der Waals surface area contributed by atoms with E-state index in [1.165, 1.54) is 11.3 Å². The molecule has 5 nitrogen and oxygen atoms in total. The van der Waals surface area contributed by atoms with Crippen molar-refractivity contribution in [3.63, 3.8) is 0 Å². The van der Waals surface area contributed by atoms with Crippen molar-refractivity contribution in [1.29, 1.82) is 0 Å². The minimum Gasteiger partial charge on any atom is -0.369 e. The number of piperidine rings is 1. The molecule has 2 aromatic rings. The summed E-state index contributed by atoms with van der Waals surface area (Å²) in [5.41, 5.74) is 0. The van der Waals surface area contributed by atoms with Gasteiger partial charge in [-0.05, 0) is 31.2 Å². The number of carbonyl (C=O) groups is 1. The van der Waals surface area contributed by atoms with Crippen LogP contribution in [0.1, 0.15) is 38.0 Å². The highest BCUT2D eigenvalue weighted by Gasteiger charge is 2.20. The number of aryl methyl sites for hydroxylation is 1. The lowest BCUT2D eigenvalue weighted by Crippen LogP contribution is -2.39. The van der Waals surface area contributed by atoms with Crippen LogP contribution in [0.4, 0.5) is 5.82 Å². The second-order valence-corrected chi connectivity index (χ2v) is 7.39. The fraction of sp³-hybridized carbons (Fsp3) is 0.588. The van der Waals surface area contributed by atoms with Crippen molar-refractivity contribution in [3.05, 3.63) is 17.3 Å². The zero-order valence-electron chi connectivity index (χ0n) is 13.8. The summed E-state index contributed by atoms with van der Waals surface area (Å²) in [4.78, 5) is 25.3. The zero-order valence-corrected chi connectivity index (χ0v) is 14.7. The van der Waals surface area contributed by atoms with Crippen molar-refractivity contribution in [3.8, 4) is 0 Å². The van der Waals surface area contributed by atoms with Crippen LogP contribution in [0.5, 0.6) is 0 Å². The van der Waals surface area contributed by atoms with Gasteiger partial charge in [-0.15, -0.1) is 11.3 Å². The van der Waals surface area contributed by atoms with Gasteiger partial charge in [0, 0.05) is 30.9 Å². The van der Waals surface area contributed by atoms with Crippen LogP contribution >= 0.6 is 11.3 Å². The molecule has 1 aliphatic rings. The quantitative estimate of drug-likeness (QED) is 0.912. The molecule has 0 aliphatic carbocycles. The van der Waals surface area contributed by atoms with Crippen LogP contribution < -0.4 is 5.32 Å². The van der Waals surface area contributed by atoms with Crippen LogP contribution in [-0.4, -0.2) is 40.4 Å². The zero-order chi connectivity index (χ0) is 16.2. The largest absolute Gasteiger partial charge is 0.369 e. The number of rotatable bonds is 5. The van der Waals surface area contributed by atoms with Crippen LogP contribution in [0.15, 0.2) is 12.4 Å². The van der Waals surface area contributed by atoms with Gasteiger partial charge in [-0.3, -0.25) is 4.79 Å². The number of anilines is 1. The number of nitrogens with one attached hydrogen (secondary N) is 1. The minimum absolute atomic E-state index is 0.244. The van der Waals surface area contributed by atoms with Gasteiger partial charge in [-0.1, -0.05) is 13.8 Å². The molecule has 1 fully saturated rings. The first-order valence-corrected chi connectivity index (χ1v) is 9.24. The van der Waals surface area contributed by atoms with Gasteiger partial charge in [0.25, 0.3) is 0 Å². The molecule has 1 atom stereocenters. The van der Waals surface area contributed by atoms with Gasteiger partial charge in [0.05, 0.1) is 5.39 Å². The number of carbonyl (C=O) groups excluding carboxylic acids is 1. The van der Waals surface area contributed by atoms with Gasteiger partial charge in [-0.25, -0.2) is 9.97 Å². The summed E-state index contributed by atoms with van der Waals surface area (Å²) in [6.45, 7) is 6.79.